The number of nitrogens with zero attached hydrogens (tertiary/aromatic N) is 2. The average molecular weight is 389 g/mol. The minimum absolute atomic E-state index is 0.324. The number of amides is 1. The fourth-order valence-corrected chi connectivity index (χ4v) is 3.06. The van der Waals surface area contributed by atoms with E-state index in [0.29, 0.717) is 17.5 Å². The Balaban J connectivity index is 1.60. The molecule has 2 aromatic carbocycles. The lowest BCUT2D eigenvalue weighted by Gasteiger charge is -2.05. The lowest BCUT2D eigenvalue weighted by Crippen LogP contribution is -2.18. The van der Waals surface area contributed by atoms with E-state index in [9.17, 15) is 4.79 Å². The molecule has 0 fully saturated rings. The highest BCUT2D eigenvalue weighted by atomic mass is 16.2. The second-order valence-electron chi connectivity index (χ2n) is 7.98. The average Bonchev–Trinajstić information content (AvgIpc) is 3.19. The van der Waals surface area contributed by atoms with Crippen LogP contribution in [0.15, 0.2) is 59.7 Å². The van der Waals surface area contributed by atoms with E-state index in [1.165, 1.54) is 11.1 Å². The van der Waals surface area contributed by atoms with Crippen LogP contribution in [0.3, 0.4) is 0 Å². The summed E-state index contributed by atoms with van der Waals surface area (Å²) in [5, 5.41) is 11.1. The molecule has 3 aromatic rings. The number of hydrogen-bond acceptors (Lipinski definition) is 3. The number of benzene rings is 2. The van der Waals surface area contributed by atoms with Crippen LogP contribution in [0.25, 0.3) is 11.3 Å². The van der Waals surface area contributed by atoms with E-state index in [-0.39, 0.29) is 5.91 Å². The summed E-state index contributed by atoms with van der Waals surface area (Å²) >= 11 is 0. The monoisotopic (exact) mass is 388 g/mol. The predicted molar refractivity (Wildman–Crippen MR) is 118 cm³/mol. The predicted octanol–water partition coefficient (Wildman–Crippen LogP) is 5.16. The van der Waals surface area contributed by atoms with Crippen molar-refractivity contribution in [2.45, 2.75) is 40.0 Å². The van der Waals surface area contributed by atoms with Gasteiger partial charge in [-0.25, -0.2) is 5.43 Å². The van der Waals surface area contributed by atoms with Crippen LogP contribution in [0.1, 0.15) is 60.8 Å². The van der Waals surface area contributed by atoms with E-state index in [0.717, 1.165) is 23.2 Å². The van der Waals surface area contributed by atoms with Gasteiger partial charge >= 0.3 is 0 Å². The molecule has 0 aliphatic rings. The Labute approximate surface area is 172 Å². The molecule has 0 atom stereocenters. The molecule has 0 aliphatic heterocycles. The number of hydrazone groups is 1. The first kappa shape index (κ1) is 20.5. The zero-order chi connectivity index (χ0) is 20.8. The fraction of sp³-hybridized carbons (Fsp3) is 0.292. The molecule has 0 saturated carbocycles. The van der Waals surface area contributed by atoms with Crippen LogP contribution in [0.4, 0.5) is 0 Å². The van der Waals surface area contributed by atoms with Gasteiger partial charge in [-0.1, -0.05) is 76.2 Å². The van der Waals surface area contributed by atoms with Crippen LogP contribution in [0.2, 0.25) is 0 Å². The first-order valence-corrected chi connectivity index (χ1v) is 10.0. The molecule has 0 aliphatic carbocycles. The molecule has 29 heavy (non-hydrogen) atoms. The molecule has 150 valence electrons. The maximum absolute atomic E-state index is 12.3. The summed E-state index contributed by atoms with van der Waals surface area (Å²) in [6.07, 6.45) is 2.68. The first-order valence-electron chi connectivity index (χ1n) is 10.0. The van der Waals surface area contributed by atoms with Crippen LogP contribution in [0.5, 0.6) is 0 Å². The Hall–Kier alpha value is -3.21. The normalized spacial score (nSPS) is 11.5. The first-order chi connectivity index (χ1) is 13.9. The maximum atomic E-state index is 12.3. The van der Waals surface area contributed by atoms with Crippen molar-refractivity contribution in [3.05, 3.63) is 77.0 Å². The van der Waals surface area contributed by atoms with Crippen molar-refractivity contribution in [3.8, 4) is 11.3 Å². The van der Waals surface area contributed by atoms with E-state index < -0.39 is 0 Å². The molecule has 0 saturated heterocycles. The highest BCUT2D eigenvalue weighted by Crippen LogP contribution is 2.19. The molecule has 1 aromatic heterocycles. The summed E-state index contributed by atoms with van der Waals surface area (Å²) in [6.45, 7) is 8.72. The molecule has 1 amide bonds. The number of H-pyrrole nitrogens is 1. The Kier molecular flexibility index (Phi) is 6.60. The second kappa shape index (κ2) is 9.32. The van der Waals surface area contributed by atoms with Crippen LogP contribution >= 0.6 is 0 Å². The quantitative estimate of drug-likeness (QED) is 0.433. The zero-order valence-corrected chi connectivity index (χ0v) is 17.4. The smallest absolute Gasteiger partial charge is 0.272 e. The molecule has 0 radical (unpaired) electrons. The minimum atomic E-state index is -0.324. The van der Waals surface area contributed by atoms with E-state index in [1.54, 1.807) is 12.3 Å². The number of aromatic nitrogens is 2. The summed E-state index contributed by atoms with van der Waals surface area (Å²) in [5.41, 5.74) is 8.13. The van der Waals surface area contributed by atoms with Gasteiger partial charge in [-0.2, -0.15) is 10.2 Å². The van der Waals surface area contributed by atoms with Gasteiger partial charge in [-0.05, 0) is 41.0 Å². The van der Waals surface area contributed by atoms with Crippen molar-refractivity contribution in [3.63, 3.8) is 0 Å². The van der Waals surface area contributed by atoms with Gasteiger partial charge in [-0.15, -0.1) is 0 Å². The van der Waals surface area contributed by atoms with Gasteiger partial charge in [0.05, 0.1) is 11.9 Å². The molecule has 0 unspecified atom stereocenters. The Morgan fingerprint density at radius 3 is 2.38 bits per heavy atom. The fourth-order valence-electron chi connectivity index (χ4n) is 3.06. The van der Waals surface area contributed by atoms with Crippen molar-refractivity contribution in [1.29, 1.82) is 0 Å². The largest absolute Gasteiger partial charge is 0.289 e. The van der Waals surface area contributed by atoms with Crippen molar-refractivity contribution in [2.75, 3.05) is 0 Å². The molecule has 1 heterocycles. The molecule has 3 rings (SSSR count). The van der Waals surface area contributed by atoms with E-state index in [1.807, 2.05) is 24.3 Å². The summed E-state index contributed by atoms with van der Waals surface area (Å²) in [7, 11) is 0. The molecule has 2 N–H and O–H groups in total. The Morgan fingerprint density at radius 2 is 1.76 bits per heavy atom. The van der Waals surface area contributed by atoms with Crippen molar-refractivity contribution < 1.29 is 4.79 Å². The van der Waals surface area contributed by atoms with Gasteiger partial charge in [0.2, 0.25) is 0 Å². The minimum Gasteiger partial charge on any atom is -0.272 e. The standard InChI is InChI=1S/C24H28N4O/c1-16(2)13-18-5-11-21(12-6-18)22-14-23(27-26-22)24(29)28-25-15-19-7-9-20(10-8-19)17(3)4/h5-12,14-17H,13H2,1-4H3,(H,26,27)(H,28,29)/b25-15-. The Morgan fingerprint density at radius 1 is 1.07 bits per heavy atom. The van der Waals surface area contributed by atoms with Gasteiger partial charge in [0.25, 0.3) is 5.91 Å². The highest BCUT2D eigenvalue weighted by molar-refractivity contribution is 5.94. The molecule has 5 heteroatoms. The third-order valence-corrected chi connectivity index (χ3v) is 4.70. The van der Waals surface area contributed by atoms with Gasteiger partial charge in [0.15, 0.2) is 0 Å². The topological polar surface area (TPSA) is 70.1 Å². The Bertz CT molecular complexity index is 967. The van der Waals surface area contributed by atoms with Gasteiger partial charge in [0.1, 0.15) is 5.69 Å². The number of nitrogens with one attached hydrogen (secondary N) is 2. The molecule has 0 bridgehead atoms. The second-order valence-corrected chi connectivity index (χ2v) is 7.98. The number of hydrogen-bond donors (Lipinski definition) is 2. The number of carbonyl (C=O) groups is 1. The lowest BCUT2D eigenvalue weighted by molar-refractivity contribution is 0.0950. The molecular weight excluding hydrogens is 360 g/mol. The summed E-state index contributed by atoms with van der Waals surface area (Å²) in [4.78, 5) is 12.3. The highest BCUT2D eigenvalue weighted by Gasteiger charge is 2.10. The van der Waals surface area contributed by atoms with E-state index >= 15 is 0 Å². The number of aromatic amines is 1. The zero-order valence-electron chi connectivity index (χ0n) is 17.4. The lowest BCUT2D eigenvalue weighted by atomic mass is 10.0. The molecule has 0 spiro atoms. The van der Waals surface area contributed by atoms with Gasteiger partial charge in [0, 0.05) is 5.56 Å². The summed E-state index contributed by atoms with van der Waals surface area (Å²) in [6, 6.07) is 18.1. The summed E-state index contributed by atoms with van der Waals surface area (Å²) < 4.78 is 0. The maximum Gasteiger partial charge on any atom is 0.289 e. The van der Waals surface area contributed by atoms with Crippen molar-refractivity contribution >= 4 is 12.1 Å². The van der Waals surface area contributed by atoms with Crippen LogP contribution in [-0.4, -0.2) is 22.3 Å². The summed E-state index contributed by atoms with van der Waals surface area (Å²) in [5.74, 6) is 0.784. The van der Waals surface area contributed by atoms with Crippen LogP contribution in [-0.2, 0) is 6.42 Å². The SMILES string of the molecule is CC(C)Cc1ccc(-c2cc(C(=O)N/N=C\c3ccc(C(C)C)cc3)[nH]n2)cc1. The van der Waals surface area contributed by atoms with Gasteiger partial charge < -0.3 is 0 Å². The van der Waals surface area contributed by atoms with E-state index in [4.69, 9.17) is 0 Å². The van der Waals surface area contributed by atoms with Gasteiger partial charge in [-0.3, -0.25) is 9.89 Å². The third kappa shape index (κ3) is 5.64. The van der Waals surface area contributed by atoms with Crippen LogP contribution < -0.4 is 5.43 Å². The third-order valence-electron chi connectivity index (χ3n) is 4.70. The van der Waals surface area contributed by atoms with Crippen molar-refractivity contribution in [2.24, 2.45) is 11.0 Å². The van der Waals surface area contributed by atoms with E-state index in [2.05, 4.69) is 72.7 Å². The molecular formula is C24H28N4O. The van der Waals surface area contributed by atoms with Crippen LogP contribution in [0, 0.1) is 5.92 Å². The number of carbonyl (C=O) groups excluding carboxylic acids is 1. The van der Waals surface area contributed by atoms with Crippen molar-refractivity contribution in [1.82, 2.24) is 15.6 Å². The molecule has 5 nitrogen and oxygen atoms in total. The number of rotatable bonds is 7.